The second kappa shape index (κ2) is 7.88. The second-order valence-corrected chi connectivity index (χ2v) is 4.31. The number of ether oxygens (including phenoxy) is 1. The zero-order valence-electron chi connectivity index (χ0n) is 9.80. The largest absolute Gasteiger partial charge is 0.381 e. The molecule has 2 rings (SSSR count). The average molecular weight is 279 g/mol. The number of halogens is 2. The summed E-state index contributed by atoms with van der Waals surface area (Å²) in [6.07, 6.45) is 4.94. The van der Waals surface area contributed by atoms with Crippen LogP contribution in [-0.4, -0.2) is 24.7 Å². The highest BCUT2D eigenvalue weighted by Crippen LogP contribution is 2.32. The van der Waals surface area contributed by atoms with Crippen molar-refractivity contribution in [1.82, 2.24) is 4.98 Å². The van der Waals surface area contributed by atoms with Crippen LogP contribution >= 0.6 is 24.8 Å². The van der Waals surface area contributed by atoms with Gasteiger partial charge in [-0.2, -0.15) is 0 Å². The van der Waals surface area contributed by atoms with E-state index in [4.69, 9.17) is 10.5 Å². The number of nitrogens with two attached hydrogens (primary N) is 1. The van der Waals surface area contributed by atoms with E-state index in [1.54, 1.807) is 0 Å². The molecule has 2 N–H and O–H groups in total. The van der Waals surface area contributed by atoms with Crippen molar-refractivity contribution < 1.29 is 4.74 Å². The maximum Gasteiger partial charge on any atom is 0.0471 e. The molecule has 0 unspecified atom stereocenters. The molecule has 0 aliphatic carbocycles. The van der Waals surface area contributed by atoms with Gasteiger partial charge in [0, 0.05) is 25.1 Å². The second-order valence-electron chi connectivity index (χ2n) is 4.31. The summed E-state index contributed by atoms with van der Waals surface area (Å²) in [6, 6.07) is 6.06. The first kappa shape index (κ1) is 16.6. The average Bonchev–Trinajstić information content (AvgIpc) is 2.32. The van der Waals surface area contributed by atoms with Crippen molar-refractivity contribution >= 4 is 24.8 Å². The van der Waals surface area contributed by atoms with E-state index in [1.807, 2.05) is 18.3 Å². The Hall–Kier alpha value is -0.350. The molecule has 1 aliphatic heterocycles. The maximum atomic E-state index is 5.90. The molecule has 0 bridgehead atoms. The summed E-state index contributed by atoms with van der Waals surface area (Å²) in [4.78, 5) is 4.37. The smallest absolute Gasteiger partial charge is 0.0471 e. The number of hydrogen-bond donors (Lipinski definition) is 1. The van der Waals surface area contributed by atoms with Gasteiger partial charge >= 0.3 is 0 Å². The van der Waals surface area contributed by atoms with Gasteiger partial charge in [-0.25, -0.2) is 0 Å². The van der Waals surface area contributed by atoms with Crippen LogP contribution in [-0.2, 0) is 11.2 Å². The number of nitrogens with zero attached hydrogens (tertiary/aromatic N) is 1. The molecule has 1 saturated heterocycles. The summed E-state index contributed by atoms with van der Waals surface area (Å²) in [7, 11) is 0. The van der Waals surface area contributed by atoms with Gasteiger partial charge in [-0.05, 0) is 43.4 Å². The van der Waals surface area contributed by atoms with Gasteiger partial charge in [0.05, 0.1) is 0 Å². The first-order chi connectivity index (χ1) is 7.35. The van der Waals surface area contributed by atoms with Gasteiger partial charge in [0.2, 0.25) is 0 Å². The highest BCUT2D eigenvalue weighted by molar-refractivity contribution is 5.85. The topological polar surface area (TPSA) is 48.1 Å². The molecule has 5 heteroatoms. The molecule has 0 amide bonds. The van der Waals surface area contributed by atoms with Gasteiger partial charge in [-0.3, -0.25) is 4.98 Å². The predicted molar refractivity (Wildman–Crippen MR) is 74.0 cm³/mol. The lowest BCUT2D eigenvalue weighted by Gasteiger charge is -2.35. The third-order valence-electron chi connectivity index (χ3n) is 3.27. The summed E-state index contributed by atoms with van der Waals surface area (Å²) in [5, 5.41) is 0. The Kier molecular flexibility index (Phi) is 7.71. The van der Waals surface area contributed by atoms with E-state index in [9.17, 15) is 0 Å². The molecular weight excluding hydrogens is 259 g/mol. The number of pyridine rings is 1. The van der Waals surface area contributed by atoms with E-state index in [-0.39, 0.29) is 30.2 Å². The van der Waals surface area contributed by atoms with Crippen molar-refractivity contribution in [3.05, 3.63) is 30.1 Å². The highest BCUT2D eigenvalue weighted by atomic mass is 35.5. The molecule has 17 heavy (non-hydrogen) atoms. The zero-order valence-corrected chi connectivity index (χ0v) is 11.4. The van der Waals surface area contributed by atoms with Crippen LogP contribution in [0.3, 0.4) is 0 Å². The summed E-state index contributed by atoms with van der Waals surface area (Å²) < 4.78 is 5.39. The Bertz CT molecular complexity index is 303. The van der Waals surface area contributed by atoms with Gasteiger partial charge in [-0.15, -0.1) is 24.8 Å². The van der Waals surface area contributed by atoms with Gasteiger partial charge in [0.25, 0.3) is 0 Å². The first-order valence-electron chi connectivity index (χ1n) is 5.52. The molecule has 0 atom stereocenters. The molecular formula is C12H20Cl2N2O. The van der Waals surface area contributed by atoms with Crippen molar-refractivity contribution in [2.45, 2.75) is 19.3 Å². The number of rotatable bonds is 3. The van der Waals surface area contributed by atoms with Crippen molar-refractivity contribution in [2.24, 2.45) is 11.1 Å². The fraction of sp³-hybridized carbons (Fsp3) is 0.583. The Morgan fingerprint density at radius 1 is 1.24 bits per heavy atom. The fourth-order valence-electron chi connectivity index (χ4n) is 2.14. The van der Waals surface area contributed by atoms with Crippen molar-refractivity contribution in [1.29, 1.82) is 0 Å². The quantitative estimate of drug-likeness (QED) is 0.923. The van der Waals surface area contributed by atoms with Crippen molar-refractivity contribution in [2.75, 3.05) is 19.8 Å². The molecule has 0 radical (unpaired) electrons. The standard InChI is InChI=1S/C12H18N2O.2ClH/c13-10-12(4-7-15-8-5-12)9-11-3-1-2-6-14-11;;/h1-3,6H,4-5,7-10,13H2;2*1H. The predicted octanol–water partition coefficient (Wildman–Crippen LogP) is 2.22. The fourth-order valence-corrected chi connectivity index (χ4v) is 2.14. The summed E-state index contributed by atoms with van der Waals surface area (Å²) in [6.45, 7) is 2.40. The molecule has 1 aromatic rings. The van der Waals surface area contributed by atoms with E-state index in [0.29, 0.717) is 0 Å². The molecule has 3 nitrogen and oxygen atoms in total. The molecule has 98 valence electrons. The van der Waals surface area contributed by atoms with Gasteiger partial charge in [0.15, 0.2) is 0 Å². The normalized spacial score (nSPS) is 17.7. The summed E-state index contributed by atoms with van der Waals surface area (Å²) in [5.41, 5.74) is 7.26. The van der Waals surface area contributed by atoms with Crippen LogP contribution in [0.4, 0.5) is 0 Å². The van der Waals surface area contributed by atoms with Crippen LogP contribution in [0.25, 0.3) is 0 Å². The van der Waals surface area contributed by atoms with Gasteiger partial charge in [0.1, 0.15) is 0 Å². The van der Waals surface area contributed by atoms with E-state index in [0.717, 1.165) is 44.7 Å². The van der Waals surface area contributed by atoms with E-state index in [1.165, 1.54) is 0 Å². The monoisotopic (exact) mass is 278 g/mol. The van der Waals surface area contributed by atoms with Crippen LogP contribution < -0.4 is 5.73 Å². The molecule has 2 heterocycles. The third kappa shape index (κ3) is 4.43. The molecule has 1 aromatic heterocycles. The Morgan fingerprint density at radius 2 is 1.94 bits per heavy atom. The lowest BCUT2D eigenvalue weighted by molar-refractivity contribution is 0.0187. The minimum Gasteiger partial charge on any atom is -0.381 e. The minimum absolute atomic E-state index is 0. The van der Waals surface area contributed by atoms with E-state index >= 15 is 0 Å². The summed E-state index contributed by atoms with van der Waals surface area (Å²) >= 11 is 0. The maximum absolute atomic E-state index is 5.90. The Balaban J connectivity index is 0.00000128. The molecule has 0 saturated carbocycles. The molecule has 0 spiro atoms. The lowest BCUT2D eigenvalue weighted by Crippen LogP contribution is -2.38. The minimum atomic E-state index is 0. The van der Waals surface area contributed by atoms with Crippen molar-refractivity contribution in [3.8, 4) is 0 Å². The van der Waals surface area contributed by atoms with E-state index < -0.39 is 0 Å². The first-order valence-corrected chi connectivity index (χ1v) is 5.52. The van der Waals surface area contributed by atoms with Crippen LogP contribution in [0.15, 0.2) is 24.4 Å². The van der Waals surface area contributed by atoms with Crippen LogP contribution in [0.5, 0.6) is 0 Å². The van der Waals surface area contributed by atoms with Crippen molar-refractivity contribution in [3.63, 3.8) is 0 Å². The molecule has 1 aliphatic rings. The molecule has 0 aromatic carbocycles. The Morgan fingerprint density at radius 3 is 2.47 bits per heavy atom. The highest BCUT2D eigenvalue weighted by Gasteiger charge is 2.31. The SMILES string of the molecule is Cl.Cl.NCC1(Cc2ccccn2)CCOCC1. The van der Waals surface area contributed by atoms with E-state index in [2.05, 4.69) is 11.1 Å². The Labute approximate surface area is 115 Å². The van der Waals surface area contributed by atoms with Crippen LogP contribution in [0.1, 0.15) is 18.5 Å². The number of hydrogen-bond acceptors (Lipinski definition) is 3. The molecule has 1 fully saturated rings. The van der Waals surface area contributed by atoms with Crippen LogP contribution in [0.2, 0.25) is 0 Å². The zero-order chi connectivity index (χ0) is 10.6. The third-order valence-corrected chi connectivity index (χ3v) is 3.27. The van der Waals surface area contributed by atoms with Gasteiger partial charge in [-0.1, -0.05) is 6.07 Å². The summed E-state index contributed by atoms with van der Waals surface area (Å²) in [5.74, 6) is 0. The number of aromatic nitrogens is 1. The van der Waals surface area contributed by atoms with Crippen LogP contribution in [0, 0.1) is 5.41 Å². The van der Waals surface area contributed by atoms with Gasteiger partial charge < -0.3 is 10.5 Å². The lowest BCUT2D eigenvalue weighted by atomic mass is 9.76.